The molecule has 7 heteroatoms. The molecule has 1 aliphatic carbocycles. The highest BCUT2D eigenvalue weighted by Crippen LogP contribution is 2.36. The molecule has 2 N–H and O–H groups in total. The maximum absolute atomic E-state index is 12.2. The summed E-state index contributed by atoms with van der Waals surface area (Å²) in [6.45, 7) is 8.00. The van der Waals surface area contributed by atoms with E-state index in [4.69, 9.17) is 10.4 Å². The van der Waals surface area contributed by atoms with E-state index in [2.05, 4.69) is 4.72 Å². The molecule has 0 amide bonds. The van der Waals surface area contributed by atoms with Gasteiger partial charge in [0.2, 0.25) is 10.0 Å². The molecular formula is C18H28N2O4S. The lowest BCUT2D eigenvalue weighted by atomic mass is 9.74. The summed E-state index contributed by atoms with van der Waals surface area (Å²) in [5.74, 6) is -1.13. The Hall–Kier alpha value is -1.91. The smallest absolute Gasteiger partial charge is 0.324 e. The summed E-state index contributed by atoms with van der Waals surface area (Å²) in [7, 11) is -3.60. The molecule has 6 nitrogen and oxygen atoms in total. The summed E-state index contributed by atoms with van der Waals surface area (Å²) >= 11 is 0. The van der Waals surface area contributed by atoms with E-state index in [0.29, 0.717) is 12.8 Å². The molecule has 1 aliphatic rings. The van der Waals surface area contributed by atoms with Crippen molar-refractivity contribution >= 4 is 16.0 Å². The van der Waals surface area contributed by atoms with Gasteiger partial charge in [0.15, 0.2) is 5.41 Å². The summed E-state index contributed by atoms with van der Waals surface area (Å²) in [4.78, 5) is 11.3. The van der Waals surface area contributed by atoms with Gasteiger partial charge in [0.1, 0.15) is 0 Å². The minimum Gasteiger partial charge on any atom is -0.480 e. The van der Waals surface area contributed by atoms with E-state index in [1.165, 1.54) is 12.1 Å². The first-order chi connectivity index (χ1) is 11.9. The van der Waals surface area contributed by atoms with Crippen molar-refractivity contribution in [2.24, 2.45) is 5.41 Å². The zero-order chi connectivity index (χ0) is 19.5. The standard InChI is InChI=1S/C14H16N2O4S.2C2H6/c15-10-14(13(17)18)8-6-11(7-9-14)16-21(19,20)12-4-2-1-3-5-12;2*1-2/h1-5,11,16H,6-9H2,(H,17,18);2*1-2H3. The Kier molecular flexibility index (Phi) is 10.0. The highest BCUT2D eigenvalue weighted by molar-refractivity contribution is 7.89. The molecule has 1 aromatic carbocycles. The average Bonchev–Trinajstić information content (AvgIpc) is 2.66. The Labute approximate surface area is 150 Å². The first kappa shape index (κ1) is 23.1. The second kappa shape index (κ2) is 10.9. The third-order valence-electron chi connectivity index (χ3n) is 3.84. The van der Waals surface area contributed by atoms with Crippen LogP contribution in [0.5, 0.6) is 0 Å². The molecule has 2 rings (SSSR count). The summed E-state index contributed by atoms with van der Waals surface area (Å²) in [6.07, 6.45) is 0.986. The number of nitriles is 1. The molecule has 0 spiro atoms. The van der Waals surface area contributed by atoms with Crippen LogP contribution in [0.2, 0.25) is 0 Å². The molecule has 1 saturated carbocycles. The Morgan fingerprint density at radius 3 is 2.04 bits per heavy atom. The van der Waals surface area contributed by atoms with E-state index >= 15 is 0 Å². The molecule has 0 unspecified atom stereocenters. The fraction of sp³-hybridized carbons (Fsp3) is 0.556. The minimum absolute atomic E-state index is 0.154. The molecule has 25 heavy (non-hydrogen) atoms. The van der Waals surface area contributed by atoms with Crippen molar-refractivity contribution in [3.05, 3.63) is 30.3 Å². The third-order valence-corrected chi connectivity index (χ3v) is 5.37. The lowest BCUT2D eigenvalue weighted by molar-refractivity contribution is -0.147. The Morgan fingerprint density at radius 1 is 1.16 bits per heavy atom. The summed E-state index contributed by atoms with van der Waals surface area (Å²) in [5.41, 5.74) is -1.38. The summed E-state index contributed by atoms with van der Waals surface area (Å²) < 4.78 is 26.9. The van der Waals surface area contributed by atoms with Crippen molar-refractivity contribution in [3.8, 4) is 6.07 Å². The molecule has 1 fully saturated rings. The van der Waals surface area contributed by atoms with E-state index in [-0.39, 0.29) is 23.8 Å². The normalized spacial score (nSPS) is 22.3. The topological polar surface area (TPSA) is 107 Å². The van der Waals surface area contributed by atoms with Crippen molar-refractivity contribution in [1.82, 2.24) is 4.72 Å². The second-order valence-corrected chi connectivity index (χ2v) is 6.92. The molecule has 140 valence electrons. The lowest BCUT2D eigenvalue weighted by Crippen LogP contribution is -2.42. The molecule has 0 aliphatic heterocycles. The van der Waals surface area contributed by atoms with Crippen LogP contribution in [-0.4, -0.2) is 25.5 Å². The molecule has 0 aromatic heterocycles. The molecule has 0 heterocycles. The van der Waals surface area contributed by atoms with Crippen LogP contribution in [0.1, 0.15) is 53.4 Å². The van der Waals surface area contributed by atoms with Crippen LogP contribution in [0.25, 0.3) is 0 Å². The zero-order valence-electron chi connectivity index (χ0n) is 15.3. The quantitative estimate of drug-likeness (QED) is 0.845. The number of nitrogens with zero attached hydrogens (tertiary/aromatic N) is 1. The number of hydrogen-bond acceptors (Lipinski definition) is 4. The number of carbonyl (C=O) groups is 1. The largest absolute Gasteiger partial charge is 0.480 e. The van der Waals surface area contributed by atoms with Crippen molar-refractivity contribution in [3.63, 3.8) is 0 Å². The van der Waals surface area contributed by atoms with Crippen LogP contribution >= 0.6 is 0 Å². The Morgan fingerprint density at radius 2 is 1.64 bits per heavy atom. The van der Waals surface area contributed by atoms with Crippen molar-refractivity contribution in [2.45, 2.75) is 64.3 Å². The van der Waals surface area contributed by atoms with Crippen molar-refractivity contribution in [2.75, 3.05) is 0 Å². The van der Waals surface area contributed by atoms with Crippen LogP contribution in [-0.2, 0) is 14.8 Å². The van der Waals surface area contributed by atoms with Gasteiger partial charge in [-0.3, -0.25) is 4.79 Å². The van der Waals surface area contributed by atoms with Gasteiger partial charge in [-0.15, -0.1) is 0 Å². The molecule has 0 radical (unpaired) electrons. The molecule has 0 atom stereocenters. The van der Waals surface area contributed by atoms with Gasteiger partial charge in [0, 0.05) is 6.04 Å². The molecular weight excluding hydrogens is 340 g/mol. The number of sulfonamides is 1. The Bertz CT molecular complexity index is 658. The molecule has 1 aromatic rings. The van der Waals surface area contributed by atoms with Gasteiger partial charge >= 0.3 is 5.97 Å². The summed E-state index contributed by atoms with van der Waals surface area (Å²) in [5, 5.41) is 18.2. The van der Waals surface area contributed by atoms with E-state index in [1.807, 2.05) is 33.8 Å². The summed E-state index contributed by atoms with van der Waals surface area (Å²) in [6, 6.07) is 9.53. The first-order valence-corrected chi connectivity index (χ1v) is 10.1. The average molecular weight is 368 g/mol. The van der Waals surface area contributed by atoms with E-state index < -0.39 is 21.4 Å². The lowest BCUT2D eigenvalue weighted by Gasteiger charge is -2.31. The number of carboxylic acids is 1. The van der Waals surface area contributed by atoms with Crippen LogP contribution in [0.4, 0.5) is 0 Å². The molecule has 0 bridgehead atoms. The number of nitrogens with one attached hydrogen (secondary N) is 1. The predicted octanol–water partition coefficient (Wildman–Crippen LogP) is 3.55. The van der Waals surface area contributed by atoms with Gasteiger partial charge in [-0.05, 0) is 37.8 Å². The highest BCUT2D eigenvalue weighted by atomic mass is 32.2. The van der Waals surface area contributed by atoms with E-state index in [0.717, 1.165) is 0 Å². The van der Waals surface area contributed by atoms with Crippen LogP contribution in [0, 0.1) is 16.7 Å². The van der Waals surface area contributed by atoms with Crippen LogP contribution in [0.15, 0.2) is 35.2 Å². The van der Waals surface area contributed by atoms with E-state index in [9.17, 15) is 13.2 Å². The number of aliphatic carboxylic acids is 1. The van der Waals surface area contributed by atoms with E-state index in [1.54, 1.807) is 18.2 Å². The monoisotopic (exact) mass is 368 g/mol. The number of benzene rings is 1. The third kappa shape index (κ3) is 6.15. The maximum Gasteiger partial charge on any atom is 0.324 e. The second-order valence-electron chi connectivity index (χ2n) is 5.21. The van der Waals surface area contributed by atoms with Gasteiger partial charge in [-0.25, -0.2) is 13.1 Å². The highest BCUT2D eigenvalue weighted by Gasteiger charge is 2.43. The number of rotatable bonds is 4. The maximum atomic E-state index is 12.2. The number of hydrogen-bond donors (Lipinski definition) is 2. The van der Waals surface area contributed by atoms with Gasteiger partial charge in [0.05, 0.1) is 11.0 Å². The first-order valence-electron chi connectivity index (χ1n) is 8.62. The predicted molar refractivity (Wildman–Crippen MR) is 97.4 cm³/mol. The SMILES string of the molecule is CC.CC.N#CC1(C(=O)O)CCC(NS(=O)(=O)c2ccccc2)CC1. The minimum atomic E-state index is -3.60. The van der Waals surface area contributed by atoms with Gasteiger partial charge < -0.3 is 5.11 Å². The fourth-order valence-electron chi connectivity index (χ4n) is 2.49. The van der Waals surface area contributed by atoms with Gasteiger partial charge in [0.25, 0.3) is 0 Å². The fourth-order valence-corrected chi connectivity index (χ4v) is 3.82. The Balaban J connectivity index is 0.00000134. The number of carboxylic acid groups (broad SMARTS) is 1. The van der Waals surface area contributed by atoms with Crippen LogP contribution in [0.3, 0.4) is 0 Å². The van der Waals surface area contributed by atoms with Gasteiger partial charge in [-0.1, -0.05) is 45.9 Å². The zero-order valence-corrected chi connectivity index (χ0v) is 16.1. The van der Waals surface area contributed by atoms with Crippen molar-refractivity contribution < 1.29 is 18.3 Å². The van der Waals surface area contributed by atoms with Crippen LogP contribution < -0.4 is 4.72 Å². The van der Waals surface area contributed by atoms with Crippen molar-refractivity contribution in [1.29, 1.82) is 5.26 Å². The molecule has 0 saturated heterocycles. The van der Waals surface area contributed by atoms with Gasteiger partial charge in [-0.2, -0.15) is 5.26 Å².